The molecule has 2 aromatic rings. The Morgan fingerprint density at radius 3 is 2.39 bits per heavy atom. The Bertz CT molecular complexity index is 911. The number of methoxy groups -OCH3 is 1. The SMILES string of the molecule is COC(=O)Nc1ccc(Oc2c(Br)cc(CCC(=O)O)cc2Br)cc1[N+](=O)[O-]. The van der Waals surface area contributed by atoms with E-state index in [2.05, 4.69) is 41.9 Å². The highest BCUT2D eigenvalue weighted by molar-refractivity contribution is 9.11. The third-order valence-electron chi connectivity index (χ3n) is 3.49. The van der Waals surface area contributed by atoms with Crippen molar-refractivity contribution in [1.82, 2.24) is 0 Å². The van der Waals surface area contributed by atoms with E-state index in [0.717, 1.165) is 12.7 Å². The summed E-state index contributed by atoms with van der Waals surface area (Å²) in [7, 11) is 1.15. The number of aliphatic carboxylic acids is 1. The third kappa shape index (κ3) is 5.67. The van der Waals surface area contributed by atoms with E-state index in [1.807, 2.05) is 0 Å². The molecule has 0 saturated heterocycles. The van der Waals surface area contributed by atoms with Crippen molar-refractivity contribution in [1.29, 1.82) is 0 Å². The second kappa shape index (κ2) is 9.51. The molecule has 2 rings (SSSR count). The van der Waals surface area contributed by atoms with Gasteiger partial charge in [0, 0.05) is 6.42 Å². The van der Waals surface area contributed by atoms with Crippen LogP contribution >= 0.6 is 31.9 Å². The van der Waals surface area contributed by atoms with E-state index in [9.17, 15) is 19.7 Å². The minimum absolute atomic E-state index is 0.0140. The van der Waals surface area contributed by atoms with Crippen LogP contribution < -0.4 is 10.1 Å². The number of hydrogen-bond donors (Lipinski definition) is 2. The normalized spacial score (nSPS) is 10.2. The lowest BCUT2D eigenvalue weighted by molar-refractivity contribution is -0.384. The zero-order valence-corrected chi connectivity index (χ0v) is 17.6. The number of carbonyl (C=O) groups excluding carboxylic acids is 1. The third-order valence-corrected chi connectivity index (χ3v) is 4.67. The highest BCUT2D eigenvalue weighted by Gasteiger charge is 2.19. The Labute approximate surface area is 176 Å². The maximum atomic E-state index is 11.3. The molecule has 0 heterocycles. The van der Waals surface area contributed by atoms with E-state index in [1.165, 1.54) is 18.2 Å². The lowest BCUT2D eigenvalue weighted by Crippen LogP contribution is -2.12. The van der Waals surface area contributed by atoms with E-state index in [4.69, 9.17) is 9.84 Å². The maximum Gasteiger partial charge on any atom is 0.411 e. The topological polar surface area (TPSA) is 128 Å². The number of nitrogens with zero attached hydrogens (tertiary/aromatic N) is 1. The largest absolute Gasteiger partial charge is 0.481 e. The minimum atomic E-state index is -0.902. The van der Waals surface area contributed by atoms with Gasteiger partial charge in [0.15, 0.2) is 5.75 Å². The van der Waals surface area contributed by atoms with Crippen molar-refractivity contribution in [2.24, 2.45) is 0 Å². The quantitative estimate of drug-likeness (QED) is 0.385. The lowest BCUT2D eigenvalue weighted by Gasteiger charge is -2.13. The maximum absolute atomic E-state index is 11.3. The van der Waals surface area contributed by atoms with Crippen LogP contribution in [0.3, 0.4) is 0 Å². The number of rotatable bonds is 7. The van der Waals surface area contributed by atoms with E-state index >= 15 is 0 Å². The molecule has 2 N–H and O–H groups in total. The van der Waals surface area contributed by atoms with Crippen molar-refractivity contribution in [3.05, 3.63) is 55.0 Å². The second-order valence-electron chi connectivity index (χ2n) is 5.44. The summed E-state index contributed by atoms with van der Waals surface area (Å²) in [5.41, 5.74) is 0.372. The molecule has 0 saturated carbocycles. The Morgan fingerprint density at radius 2 is 1.86 bits per heavy atom. The molecule has 148 valence electrons. The highest BCUT2D eigenvalue weighted by atomic mass is 79.9. The average Bonchev–Trinajstić information content (AvgIpc) is 2.63. The fraction of sp³-hybridized carbons (Fsp3) is 0.176. The van der Waals surface area contributed by atoms with E-state index in [0.29, 0.717) is 21.1 Å². The van der Waals surface area contributed by atoms with Gasteiger partial charge in [-0.2, -0.15) is 0 Å². The number of carboxylic acid groups (broad SMARTS) is 1. The van der Waals surface area contributed by atoms with Gasteiger partial charge < -0.3 is 14.6 Å². The van der Waals surface area contributed by atoms with Crippen molar-refractivity contribution in [2.75, 3.05) is 12.4 Å². The summed E-state index contributed by atoms with van der Waals surface area (Å²) in [6, 6.07) is 7.38. The van der Waals surface area contributed by atoms with Crippen LogP contribution in [0.5, 0.6) is 11.5 Å². The summed E-state index contributed by atoms with van der Waals surface area (Å²) >= 11 is 6.71. The molecule has 11 heteroatoms. The van der Waals surface area contributed by atoms with Gasteiger partial charge in [0.25, 0.3) is 5.69 Å². The highest BCUT2D eigenvalue weighted by Crippen LogP contribution is 2.39. The van der Waals surface area contributed by atoms with Crippen LogP contribution in [0.25, 0.3) is 0 Å². The van der Waals surface area contributed by atoms with Gasteiger partial charge in [-0.1, -0.05) is 0 Å². The summed E-state index contributed by atoms with van der Waals surface area (Å²) in [5, 5.41) is 22.3. The van der Waals surface area contributed by atoms with Gasteiger partial charge >= 0.3 is 12.1 Å². The first-order valence-corrected chi connectivity index (χ1v) is 9.31. The molecule has 0 aliphatic heterocycles. The van der Waals surface area contributed by atoms with Crippen LogP contribution in [0.15, 0.2) is 39.3 Å². The summed E-state index contributed by atoms with van der Waals surface area (Å²) in [5.74, 6) is -0.371. The molecule has 2 aromatic carbocycles. The molecule has 0 radical (unpaired) electrons. The van der Waals surface area contributed by atoms with Gasteiger partial charge in [-0.15, -0.1) is 0 Å². The van der Waals surface area contributed by atoms with E-state index in [-0.39, 0.29) is 23.5 Å². The van der Waals surface area contributed by atoms with Crippen LogP contribution in [0.4, 0.5) is 16.2 Å². The van der Waals surface area contributed by atoms with Gasteiger partial charge in [0.05, 0.1) is 27.0 Å². The van der Waals surface area contributed by atoms with Gasteiger partial charge in [-0.05, 0) is 68.1 Å². The fourth-order valence-electron chi connectivity index (χ4n) is 2.22. The van der Waals surface area contributed by atoms with E-state index in [1.54, 1.807) is 12.1 Å². The van der Waals surface area contributed by atoms with E-state index < -0.39 is 17.0 Å². The number of nitrogens with one attached hydrogen (secondary N) is 1. The molecule has 9 nitrogen and oxygen atoms in total. The van der Waals surface area contributed by atoms with Crippen molar-refractivity contribution in [3.8, 4) is 11.5 Å². The molecule has 0 fully saturated rings. The number of amides is 1. The molecule has 0 aliphatic carbocycles. The van der Waals surface area contributed by atoms with Gasteiger partial charge in [0.2, 0.25) is 0 Å². The van der Waals surface area contributed by atoms with Crippen molar-refractivity contribution >= 4 is 55.3 Å². The summed E-state index contributed by atoms with van der Waals surface area (Å²) in [4.78, 5) is 32.7. The molecule has 0 atom stereocenters. The molecule has 0 aromatic heterocycles. The van der Waals surface area contributed by atoms with Crippen LogP contribution in [0, 0.1) is 10.1 Å². The first kappa shape index (κ1) is 21.6. The Morgan fingerprint density at radius 1 is 1.21 bits per heavy atom. The number of hydrogen-bond acceptors (Lipinski definition) is 6. The number of nitro groups is 1. The molecular weight excluding hydrogens is 504 g/mol. The van der Waals surface area contributed by atoms with Gasteiger partial charge in [-0.25, -0.2) is 4.79 Å². The van der Waals surface area contributed by atoms with Gasteiger partial charge in [0.1, 0.15) is 11.4 Å². The van der Waals surface area contributed by atoms with Crippen molar-refractivity contribution in [3.63, 3.8) is 0 Å². The van der Waals surface area contributed by atoms with Crippen molar-refractivity contribution in [2.45, 2.75) is 12.8 Å². The van der Waals surface area contributed by atoms with Gasteiger partial charge in [-0.3, -0.25) is 20.2 Å². The number of nitro benzene ring substituents is 1. The Kier molecular flexibility index (Phi) is 7.35. The zero-order chi connectivity index (χ0) is 20.8. The number of anilines is 1. The van der Waals surface area contributed by atoms with Crippen LogP contribution in [0.1, 0.15) is 12.0 Å². The summed E-state index contributed by atoms with van der Waals surface area (Å²) in [6.45, 7) is 0. The molecule has 28 heavy (non-hydrogen) atoms. The fourth-order valence-corrected chi connectivity index (χ4v) is 3.66. The molecule has 0 unspecified atom stereocenters. The Balaban J connectivity index is 2.30. The van der Waals surface area contributed by atoms with Crippen LogP contribution in [-0.2, 0) is 16.0 Å². The molecular formula is C17H14Br2N2O7. The first-order valence-electron chi connectivity index (χ1n) is 7.72. The molecule has 1 amide bonds. The monoisotopic (exact) mass is 516 g/mol. The number of aryl methyl sites for hydroxylation is 1. The minimum Gasteiger partial charge on any atom is -0.481 e. The molecule has 0 spiro atoms. The number of ether oxygens (including phenoxy) is 2. The predicted molar refractivity (Wildman–Crippen MR) is 107 cm³/mol. The zero-order valence-electron chi connectivity index (χ0n) is 14.4. The molecule has 0 aliphatic rings. The Hall–Kier alpha value is -2.66. The molecule has 0 bridgehead atoms. The smallest absolute Gasteiger partial charge is 0.411 e. The van der Waals surface area contributed by atoms with Crippen LogP contribution in [0.2, 0.25) is 0 Å². The van der Waals surface area contributed by atoms with Crippen LogP contribution in [-0.4, -0.2) is 29.2 Å². The lowest BCUT2D eigenvalue weighted by atomic mass is 10.1. The summed E-state index contributed by atoms with van der Waals surface area (Å²) < 4.78 is 11.3. The summed E-state index contributed by atoms with van der Waals surface area (Å²) in [6.07, 6.45) is -0.509. The second-order valence-corrected chi connectivity index (χ2v) is 7.15. The first-order chi connectivity index (χ1) is 13.2. The number of halogens is 2. The average molecular weight is 518 g/mol. The standard InChI is InChI=1S/C17H14Br2N2O7/c1-27-17(24)20-13-4-3-10(8-14(13)21(25)26)28-16-11(18)6-9(7-12(16)19)2-5-15(22)23/h3-4,6-8H,2,5H2,1H3,(H,20,24)(H,22,23). The number of carbonyl (C=O) groups is 2. The number of benzene rings is 2. The van der Waals surface area contributed by atoms with Crippen molar-refractivity contribution < 1.29 is 29.1 Å². The predicted octanol–water partition coefficient (Wildman–Crippen LogP) is 5.11. The number of carboxylic acids is 1.